The second kappa shape index (κ2) is 5.01. The molecule has 4 heteroatoms. The molecule has 20 heavy (non-hydrogen) atoms. The molecule has 0 atom stereocenters. The Kier molecular flexibility index (Phi) is 3.05. The highest BCUT2D eigenvalue weighted by Crippen LogP contribution is 2.25. The Morgan fingerprint density at radius 3 is 2.75 bits per heavy atom. The minimum Gasteiger partial charge on any atom is -0.508 e. The molecule has 0 amide bonds. The first kappa shape index (κ1) is 12.2. The van der Waals surface area contributed by atoms with Crippen molar-refractivity contribution in [2.45, 2.75) is 0 Å². The highest BCUT2D eigenvalue weighted by molar-refractivity contribution is 5.94. The average Bonchev–Trinajstić information content (AvgIpc) is 2.46. The summed E-state index contributed by atoms with van der Waals surface area (Å²) in [6, 6.07) is 13.9. The van der Waals surface area contributed by atoms with Crippen LogP contribution in [0.3, 0.4) is 0 Å². The Bertz CT molecular complexity index is 792. The van der Waals surface area contributed by atoms with Crippen LogP contribution in [0.2, 0.25) is 0 Å². The van der Waals surface area contributed by atoms with Gasteiger partial charge < -0.3 is 10.2 Å². The number of hydrogen-bond acceptors (Lipinski definition) is 4. The number of phenols is 2. The molecule has 0 saturated heterocycles. The van der Waals surface area contributed by atoms with E-state index in [9.17, 15) is 10.2 Å². The summed E-state index contributed by atoms with van der Waals surface area (Å²) < 4.78 is 0. The van der Waals surface area contributed by atoms with Crippen LogP contribution >= 0.6 is 0 Å². The maximum absolute atomic E-state index is 9.72. The Balaban J connectivity index is 2.02. The maximum atomic E-state index is 9.72. The van der Waals surface area contributed by atoms with Gasteiger partial charge in [-0.15, -0.1) is 0 Å². The number of fused-ring (bicyclic) bond motifs is 1. The van der Waals surface area contributed by atoms with E-state index in [2.05, 4.69) is 9.98 Å². The van der Waals surface area contributed by atoms with Gasteiger partial charge in [-0.05, 0) is 36.4 Å². The van der Waals surface area contributed by atoms with Crippen LogP contribution in [0.5, 0.6) is 11.5 Å². The van der Waals surface area contributed by atoms with Crippen molar-refractivity contribution in [3.63, 3.8) is 0 Å². The van der Waals surface area contributed by atoms with Gasteiger partial charge in [-0.25, -0.2) is 0 Å². The topological polar surface area (TPSA) is 65.7 Å². The van der Waals surface area contributed by atoms with Gasteiger partial charge in [0.05, 0.1) is 11.2 Å². The smallest absolute Gasteiger partial charge is 0.128 e. The number of aromatic nitrogens is 1. The van der Waals surface area contributed by atoms with E-state index in [4.69, 9.17) is 0 Å². The Labute approximate surface area is 115 Å². The molecule has 1 aromatic heterocycles. The number of nitrogens with zero attached hydrogens (tertiary/aromatic N) is 2. The van der Waals surface area contributed by atoms with E-state index in [1.54, 1.807) is 18.5 Å². The minimum atomic E-state index is -0.00730. The van der Waals surface area contributed by atoms with E-state index in [1.165, 1.54) is 12.1 Å². The number of hydrogen-bond donors (Lipinski definition) is 2. The molecule has 1 heterocycles. The molecule has 0 aliphatic rings. The van der Waals surface area contributed by atoms with E-state index in [0.717, 1.165) is 16.6 Å². The third kappa shape index (κ3) is 2.31. The number of aromatic hydroxyl groups is 2. The van der Waals surface area contributed by atoms with Crippen molar-refractivity contribution in [3.8, 4) is 11.5 Å². The van der Waals surface area contributed by atoms with Crippen molar-refractivity contribution in [1.29, 1.82) is 0 Å². The van der Waals surface area contributed by atoms with E-state index >= 15 is 0 Å². The highest BCUT2D eigenvalue weighted by atomic mass is 16.3. The van der Waals surface area contributed by atoms with Crippen LogP contribution in [-0.2, 0) is 0 Å². The van der Waals surface area contributed by atoms with E-state index in [1.807, 2.05) is 30.3 Å². The monoisotopic (exact) mass is 264 g/mol. The molecule has 0 spiro atoms. The SMILES string of the molecule is Oc1ccc(C=Nc2cccc3ncccc23)c(O)c1. The van der Waals surface area contributed by atoms with Gasteiger partial charge in [0.2, 0.25) is 0 Å². The summed E-state index contributed by atoms with van der Waals surface area (Å²) in [5, 5.41) is 19.9. The number of pyridine rings is 1. The van der Waals surface area contributed by atoms with Crippen LogP contribution in [0.15, 0.2) is 59.7 Å². The van der Waals surface area contributed by atoms with E-state index in [0.29, 0.717) is 5.56 Å². The molecule has 2 aromatic carbocycles. The molecule has 3 aromatic rings. The van der Waals surface area contributed by atoms with Gasteiger partial charge in [0.25, 0.3) is 0 Å². The molecular formula is C16H12N2O2. The van der Waals surface area contributed by atoms with E-state index < -0.39 is 0 Å². The van der Waals surface area contributed by atoms with Gasteiger partial charge in [-0.1, -0.05) is 6.07 Å². The fourth-order valence-electron chi connectivity index (χ4n) is 1.98. The molecule has 98 valence electrons. The molecule has 0 saturated carbocycles. The van der Waals surface area contributed by atoms with Crippen molar-refractivity contribution in [2.24, 2.45) is 4.99 Å². The van der Waals surface area contributed by atoms with Crippen LogP contribution in [0.1, 0.15) is 5.56 Å². The third-order valence-electron chi connectivity index (χ3n) is 2.98. The molecule has 0 aliphatic carbocycles. The van der Waals surface area contributed by atoms with Crippen molar-refractivity contribution in [1.82, 2.24) is 4.98 Å². The fraction of sp³-hybridized carbons (Fsp3) is 0. The van der Waals surface area contributed by atoms with Crippen LogP contribution < -0.4 is 0 Å². The predicted molar refractivity (Wildman–Crippen MR) is 78.8 cm³/mol. The zero-order chi connectivity index (χ0) is 13.9. The van der Waals surface area contributed by atoms with Crippen molar-refractivity contribution in [2.75, 3.05) is 0 Å². The first-order valence-electron chi connectivity index (χ1n) is 6.14. The minimum absolute atomic E-state index is 0.00730. The summed E-state index contributed by atoms with van der Waals surface area (Å²) in [5.41, 5.74) is 2.20. The average molecular weight is 264 g/mol. The first-order valence-corrected chi connectivity index (χ1v) is 6.14. The Morgan fingerprint density at radius 2 is 1.90 bits per heavy atom. The Hall–Kier alpha value is -2.88. The van der Waals surface area contributed by atoms with Gasteiger partial charge in [0, 0.05) is 29.4 Å². The summed E-state index contributed by atoms with van der Waals surface area (Å²) in [4.78, 5) is 8.66. The molecule has 3 rings (SSSR count). The summed E-state index contributed by atoms with van der Waals surface area (Å²) in [6.07, 6.45) is 3.30. The molecule has 0 aliphatic heterocycles. The number of aliphatic imine (C=N–C) groups is 1. The molecule has 0 radical (unpaired) electrons. The number of phenolic OH excluding ortho intramolecular Hbond substituents is 2. The van der Waals surface area contributed by atoms with E-state index in [-0.39, 0.29) is 11.5 Å². The predicted octanol–water partition coefficient (Wildman–Crippen LogP) is 3.40. The lowest BCUT2D eigenvalue weighted by molar-refractivity contribution is 0.450. The zero-order valence-corrected chi connectivity index (χ0v) is 10.6. The normalized spacial score (nSPS) is 11.2. The summed E-state index contributed by atoms with van der Waals surface area (Å²) in [7, 11) is 0. The number of rotatable bonds is 2. The van der Waals surface area contributed by atoms with Gasteiger partial charge in [0.15, 0.2) is 0 Å². The molecule has 0 fully saturated rings. The fourth-order valence-corrected chi connectivity index (χ4v) is 1.98. The first-order chi connectivity index (χ1) is 9.74. The molecule has 2 N–H and O–H groups in total. The van der Waals surface area contributed by atoms with Crippen molar-refractivity contribution in [3.05, 3.63) is 60.3 Å². The summed E-state index contributed by atoms with van der Waals surface area (Å²) >= 11 is 0. The second-order valence-corrected chi connectivity index (χ2v) is 4.35. The largest absolute Gasteiger partial charge is 0.508 e. The van der Waals surface area contributed by atoms with Crippen LogP contribution in [0, 0.1) is 0 Å². The standard InChI is InChI=1S/C16H12N2O2/c19-12-7-6-11(16(20)9-12)10-18-15-5-1-4-14-13(15)3-2-8-17-14/h1-10,19-20H. The quantitative estimate of drug-likeness (QED) is 0.697. The van der Waals surface area contributed by atoms with Crippen molar-refractivity contribution < 1.29 is 10.2 Å². The van der Waals surface area contributed by atoms with Gasteiger partial charge in [-0.2, -0.15) is 0 Å². The van der Waals surface area contributed by atoms with Crippen LogP contribution in [0.25, 0.3) is 10.9 Å². The van der Waals surface area contributed by atoms with Gasteiger partial charge in [0.1, 0.15) is 11.5 Å². The third-order valence-corrected chi connectivity index (χ3v) is 2.98. The van der Waals surface area contributed by atoms with Crippen LogP contribution in [0.4, 0.5) is 5.69 Å². The van der Waals surface area contributed by atoms with Gasteiger partial charge >= 0.3 is 0 Å². The summed E-state index contributed by atoms with van der Waals surface area (Å²) in [6.45, 7) is 0. The Morgan fingerprint density at radius 1 is 1.00 bits per heavy atom. The lowest BCUT2D eigenvalue weighted by Gasteiger charge is -2.02. The second-order valence-electron chi connectivity index (χ2n) is 4.35. The highest BCUT2D eigenvalue weighted by Gasteiger charge is 2.01. The molecular weight excluding hydrogens is 252 g/mol. The summed E-state index contributed by atoms with van der Waals surface area (Å²) in [5.74, 6) is 0.0149. The van der Waals surface area contributed by atoms with Crippen molar-refractivity contribution >= 4 is 22.8 Å². The molecule has 0 bridgehead atoms. The lowest BCUT2D eigenvalue weighted by Crippen LogP contribution is -1.83. The zero-order valence-electron chi connectivity index (χ0n) is 10.6. The van der Waals surface area contributed by atoms with Crippen LogP contribution in [-0.4, -0.2) is 21.4 Å². The molecule has 0 unspecified atom stereocenters. The lowest BCUT2D eigenvalue weighted by atomic mass is 10.2. The maximum Gasteiger partial charge on any atom is 0.128 e. The van der Waals surface area contributed by atoms with Gasteiger partial charge in [-0.3, -0.25) is 9.98 Å². The molecule has 4 nitrogen and oxygen atoms in total. The number of benzene rings is 2.